The van der Waals surface area contributed by atoms with Gasteiger partial charge in [-0.25, -0.2) is 0 Å². The van der Waals surface area contributed by atoms with E-state index in [9.17, 15) is 0 Å². The normalized spacial score (nSPS) is 11.8. The van der Waals surface area contributed by atoms with Gasteiger partial charge in [-0.15, -0.1) is 11.8 Å². The van der Waals surface area contributed by atoms with E-state index in [2.05, 4.69) is 46.3 Å². The molecule has 1 atom stereocenters. The van der Waals surface area contributed by atoms with Gasteiger partial charge in [0.1, 0.15) is 0 Å². The Hall–Kier alpha value is -1.24. The summed E-state index contributed by atoms with van der Waals surface area (Å²) in [6, 6.07) is 20.6. The van der Waals surface area contributed by atoms with Gasteiger partial charge < -0.3 is 0 Å². The smallest absolute Gasteiger partial charge is 0.0637 e. The molecule has 0 aliphatic heterocycles. The van der Waals surface area contributed by atoms with E-state index in [1.165, 1.54) is 10.5 Å². The van der Waals surface area contributed by atoms with Gasteiger partial charge in [-0.2, -0.15) is 5.26 Å². The molecule has 0 aliphatic rings. The zero-order valence-corrected chi connectivity index (χ0v) is 12.1. The third-order valence-electron chi connectivity index (χ3n) is 2.54. The Balaban J connectivity index is 2.17. The number of nitriles is 1. The Morgan fingerprint density at radius 2 is 1.72 bits per heavy atom. The highest BCUT2D eigenvalue weighted by atomic mass is 79.9. The Kier molecular flexibility index (Phi) is 4.86. The number of rotatable bonds is 4. The monoisotopic (exact) mass is 317 g/mol. The minimum absolute atomic E-state index is 0.192. The van der Waals surface area contributed by atoms with Crippen molar-refractivity contribution in [2.45, 2.75) is 16.6 Å². The molecule has 0 saturated carbocycles. The third-order valence-corrected chi connectivity index (χ3v) is 4.34. The van der Waals surface area contributed by atoms with Crippen molar-refractivity contribution in [3.8, 4) is 6.07 Å². The van der Waals surface area contributed by atoms with Crippen LogP contribution in [0.3, 0.4) is 0 Å². The van der Waals surface area contributed by atoms with Crippen molar-refractivity contribution in [3.05, 3.63) is 64.6 Å². The van der Waals surface area contributed by atoms with Crippen LogP contribution in [0.2, 0.25) is 0 Å². The molecule has 0 saturated heterocycles. The third kappa shape index (κ3) is 3.63. The van der Waals surface area contributed by atoms with Gasteiger partial charge in [0.25, 0.3) is 0 Å². The lowest BCUT2D eigenvalue weighted by atomic mass is 10.1. The largest absolute Gasteiger partial charge is 0.198 e. The Morgan fingerprint density at radius 3 is 2.33 bits per heavy atom. The van der Waals surface area contributed by atoms with Crippen LogP contribution in [0.5, 0.6) is 0 Å². The van der Waals surface area contributed by atoms with Crippen LogP contribution in [-0.4, -0.2) is 0 Å². The summed E-state index contributed by atoms with van der Waals surface area (Å²) in [5.41, 5.74) is 1.20. The maximum atomic E-state index is 8.95. The summed E-state index contributed by atoms with van der Waals surface area (Å²) < 4.78 is 1.07. The molecule has 0 aromatic heterocycles. The van der Waals surface area contributed by atoms with Gasteiger partial charge in [0.05, 0.1) is 12.5 Å². The topological polar surface area (TPSA) is 23.8 Å². The first-order chi connectivity index (χ1) is 8.79. The fourth-order valence-electron chi connectivity index (χ4n) is 1.66. The molecule has 1 nitrogen and oxygen atoms in total. The van der Waals surface area contributed by atoms with Gasteiger partial charge in [-0.3, -0.25) is 0 Å². The maximum absolute atomic E-state index is 8.95. The lowest BCUT2D eigenvalue weighted by Gasteiger charge is -2.13. The molecule has 2 rings (SSSR count). The van der Waals surface area contributed by atoms with Crippen LogP contribution >= 0.6 is 27.7 Å². The van der Waals surface area contributed by atoms with Gasteiger partial charge in [-0.1, -0.05) is 46.3 Å². The molecule has 1 unspecified atom stereocenters. The zero-order chi connectivity index (χ0) is 12.8. The van der Waals surface area contributed by atoms with Crippen molar-refractivity contribution in [2.75, 3.05) is 0 Å². The lowest BCUT2D eigenvalue weighted by Crippen LogP contribution is -1.92. The highest BCUT2D eigenvalue weighted by Gasteiger charge is 2.12. The molecule has 0 bridgehead atoms. The number of thioether (sulfide) groups is 1. The second-order valence-corrected chi connectivity index (χ2v) is 6.03. The van der Waals surface area contributed by atoms with Crippen LogP contribution < -0.4 is 0 Å². The van der Waals surface area contributed by atoms with E-state index in [1.807, 2.05) is 30.3 Å². The number of benzene rings is 2. The minimum atomic E-state index is 0.192. The SMILES string of the molecule is N#CCC(Sc1ccc(Br)cc1)c1ccccc1. The van der Waals surface area contributed by atoms with Crippen LogP contribution in [-0.2, 0) is 0 Å². The Labute approximate surface area is 120 Å². The van der Waals surface area contributed by atoms with Crippen LogP contribution in [0.15, 0.2) is 64.0 Å². The number of hydrogen-bond acceptors (Lipinski definition) is 2. The van der Waals surface area contributed by atoms with E-state index >= 15 is 0 Å². The molecule has 0 N–H and O–H groups in total. The first kappa shape index (κ1) is 13.2. The summed E-state index contributed by atoms with van der Waals surface area (Å²) in [5.74, 6) is 0. The second kappa shape index (κ2) is 6.63. The molecular formula is C15H12BrNS. The van der Waals surface area contributed by atoms with Crippen LogP contribution in [0.1, 0.15) is 17.2 Å². The highest BCUT2D eigenvalue weighted by molar-refractivity contribution is 9.10. The maximum Gasteiger partial charge on any atom is 0.0637 e. The van der Waals surface area contributed by atoms with Crippen LogP contribution in [0.4, 0.5) is 0 Å². The molecule has 0 aliphatic carbocycles. The van der Waals surface area contributed by atoms with Crippen LogP contribution in [0.25, 0.3) is 0 Å². The van der Waals surface area contributed by atoms with Gasteiger partial charge in [-0.05, 0) is 29.8 Å². The van der Waals surface area contributed by atoms with Gasteiger partial charge in [0.15, 0.2) is 0 Å². The number of halogens is 1. The molecule has 0 radical (unpaired) electrons. The molecule has 0 spiro atoms. The van der Waals surface area contributed by atoms with Crippen molar-refractivity contribution >= 4 is 27.7 Å². The predicted octanol–water partition coefficient (Wildman–Crippen LogP) is 5.20. The van der Waals surface area contributed by atoms with Crippen molar-refractivity contribution in [2.24, 2.45) is 0 Å². The predicted molar refractivity (Wildman–Crippen MR) is 79.4 cm³/mol. The molecule has 0 heterocycles. The average molecular weight is 318 g/mol. The summed E-state index contributed by atoms with van der Waals surface area (Å²) in [4.78, 5) is 1.18. The molecule has 3 heteroatoms. The average Bonchev–Trinajstić information content (AvgIpc) is 2.42. The fraction of sp³-hybridized carbons (Fsp3) is 0.133. The second-order valence-electron chi connectivity index (χ2n) is 3.83. The summed E-state index contributed by atoms with van der Waals surface area (Å²) in [6.07, 6.45) is 0.519. The van der Waals surface area contributed by atoms with E-state index in [0.717, 1.165) is 4.47 Å². The molecule has 0 fully saturated rings. The number of hydrogen-bond donors (Lipinski definition) is 0. The Morgan fingerprint density at radius 1 is 1.06 bits per heavy atom. The van der Waals surface area contributed by atoms with E-state index < -0.39 is 0 Å². The standard InChI is InChI=1S/C15H12BrNS/c16-13-6-8-14(9-7-13)18-15(10-11-17)12-4-2-1-3-5-12/h1-9,15H,10H2. The van der Waals surface area contributed by atoms with Crippen molar-refractivity contribution < 1.29 is 0 Å². The van der Waals surface area contributed by atoms with E-state index in [0.29, 0.717) is 6.42 Å². The number of nitrogens with zero attached hydrogens (tertiary/aromatic N) is 1. The molecule has 0 amide bonds. The van der Waals surface area contributed by atoms with Crippen molar-refractivity contribution in [1.82, 2.24) is 0 Å². The first-order valence-corrected chi connectivity index (χ1v) is 7.31. The van der Waals surface area contributed by atoms with Gasteiger partial charge >= 0.3 is 0 Å². The van der Waals surface area contributed by atoms with Crippen molar-refractivity contribution in [3.63, 3.8) is 0 Å². The highest BCUT2D eigenvalue weighted by Crippen LogP contribution is 2.37. The van der Waals surface area contributed by atoms with Crippen LogP contribution in [0, 0.1) is 11.3 Å². The summed E-state index contributed by atoms with van der Waals surface area (Å²) in [6.45, 7) is 0. The molecule has 90 valence electrons. The van der Waals surface area contributed by atoms with Gasteiger partial charge in [0, 0.05) is 14.6 Å². The van der Waals surface area contributed by atoms with Gasteiger partial charge in [0.2, 0.25) is 0 Å². The van der Waals surface area contributed by atoms with E-state index in [1.54, 1.807) is 11.8 Å². The molecule has 18 heavy (non-hydrogen) atoms. The summed E-state index contributed by atoms with van der Waals surface area (Å²) in [5, 5.41) is 9.14. The Bertz CT molecular complexity index is 531. The summed E-state index contributed by atoms with van der Waals surface area (Å²) >= 11 is 5.16. The quantitative estimate of drug-likeness (QED) is 0.724. The zero-order valence-electron chi connectivity index (χ0n) is 9.71. The van der Waals surface area contributed by atoms with E-state index in [-0.39, 0.29) is 5.25 Å². The lowest BCUT2D eigenvalue weighted by molar-refractivity contribution is 0.978. The summed E-state index contributed by atoms with van der Waals surface area (Å²) in [7, 11) is 0. The van der Waals surface area contributed by atoms with Crippen molar-refractivity contribution in [1.29, 1.82) is 5.26 Å². The molecule has 2 aromatic rings. The minimum Gasteiger partial charge on any atom is -0.198 e. The van der Waals surface area contributed by atoms with E-state index in [4.69, 9.17) is 5.26 Å². The molecular weight excluding hydrogens is 306 g/mol. The fourth-order valence-corrected chi connectivity index (χ4v) is 2.99. The molecule has 2 aromatic carbocycles. The first-order valence-electron chi connectivity index (χ1n) is 5.63.